The highest BCUT2D eigenvalue weighted by molar-refractivity contribution is 7.84. The Kier molecular flexibility index (Phi) is 4.32. The summed E-state index contributed by atoms with van der Waals surface area (Å²) in [7, 11) is -0.999. The molecule has 1 aromatic heterocycles. The second-order valence-electron chi connectivity index (χ2n) is 3.50. The predicted molar refractivity (Wildman–Crippen MR) is 65.1 cm³/mol. The Bertz CT molecular complexity index is 453. The number of hydrogen-bond acceptors (Lipinski definition) is 7. The summed E-state index contributed by atoms with van der Waals surface area (Å²) in [6.07, 6.45) is 2.60. The van der Waals surface area contributed by atoms with E-state index in [1.54, 1.807) is 13.2 Å². The number of hydrogen-bond donors (Lipinski definition) is 2. The lowest BCUT2D eigenvalue weighted by atomic mass is 10.3. The quantitative estimate of drug-likeness (QED) is 0.569. The maximum absolute atomic E-state index is 11.0. The first kappa shape index (κ1) is 13.3. The van der Waals surface area contributed by atoms with E-state index in [2.05, 4.69) is 15.3 Å². The zero-order valence-electron chi connectivity index (χ0n) is 9.41. The van der Waals surface area contributed by atoms with Gasteiger partial charge in [0, 0.05) is 28.9 Å². The third kappa shape index (κ3) is 3.94. The summed E-state index contributed by atoms with van der Waals surface area (Å²) in [5.41, 5.74) is 5.10. The fourth-order valence-electron chi connectivity index (χ4n) is 1.26. The van der Waals surface area contributed by atoms with Gasteiger partial charge in [0.15, 0.2) is 0 Å². The molecule has 1 heterocycles. The average molecular weight is 259 g/mol. The molecule has 0 aliphatic heterocycles. The predicted octanol–water partition coefficient (Wildman–Crippen LogP) is 0.146. The molecule has 0 aliphatic rings. The van der Waals surface area contributed by atoms with Crippen molar-refractivity contribution in [1.29, 1.82) is 0 Å². The van der Waals surface area contributed by atoms with Gasteiger partial charge in [0.1, 0.15) is 6.20 Å². The Balaban J connectivity index is 2.92. The number of nitrogens with zero attached hydrogens (tertiary/aromatic N) is 3. The molecule has 3 N–H and O–H groups in total. The van der Waals surface area contributed by atoms with E-state index in [4.69, 9.17) is 5.73 Å². The molecule has 0 fully saturated rings. The van der Waals surface area contributed by atoms with Gasteiger partial charge in [0.05, 0.1) is 4.92 Å². The first-order valence-corrected chi connectivity index (χ1v) is 6.46. The molecule has 94 valence electrons. The van der Waals surface area contributed by atoms with Crippen molar-refractivity contribution in [3.63, 3.8) is 0 Å². The van der Waals surface area contributed by atoms with Gasteiger partial charge in [-0.25, -0.2) is 4.98 Å². The molecule has 0 saturated carbocycles. The minimum absolute atomic E-state index is 0.0421. The molecule has 2 atom stereocenters. The summed E-state index contributed by atoms with van der Waals surface area (Å²) in [5, 5.41) is 13.5. The zero-order chi connectivity index (χ0) is 13.0. The van der Waals surface area contributed by atoms with Gasteiger partial charge in [-0.2, -0.15) is 4.98 Å². The second-order valence-corrected chi connectivity index (χ2v) is 4.98. The molecule has 2 unspecified atom stereocenters. The van der Waals surface area contributed by atoms with Crippen LogP contribution in [0, 0.1) is 10.1 Å². The summed E-state index contributed by atoms with van der Waals surface area (Å²) >= 11 is 0. The molecule has 1 aromatic rings. The number of aromatic nitrogens is 2. The van der Waals surface area contributed by atoms with Crippen molar-refractivity contribution in [2.75, 3.05) is 23.1 Å². The van der Waals surface area contributed by atoms with Crippen LogP contribution in [0.2, 0.25) is 0 Å². The second kappa shape index (κ2) is 5.53. The molecule has 0 amide bonds. The van der Waals surface area contributed by atoms with Gasteiger partial charge in [-0.15, -0.1) is 0 Å². The molecule has 0 bridgehead atoms. The molecule has 0 aliphatic carbocycles. The van der Waals surface area contributed by atoms with Gasteiger partial charge in [-0.05, 0) is 6.92 Å². The van der Waals surface area contributed by atoms with Crippen LogP contribution in [-0.2, 0) is 10.8 Å². The van der Waals surface area contributed by atoms with Gasteiger partial charge in [0.25, 0.3) is 0 Å². The van der Waals surface area contributed by atoms with Crippen LogP contribution in [0.5, 0.6) is 0 Å². The van der Waals surface area contributed by atoms with Crippen LogP contribution in [0.1, 0.15) is 6.92 Å². The van der Waals surface area contributed by atoms with Gasteiger partial charge < -0.3 is 11.1 Å². The van der Waals surface area contributed by atoms with Crippen LogP contribution >= 0.6 is 0 Å². The number of nitrogens with one attached hydrogen (secondary N) is 1. The monoisotopic (exact) mass is 259 g/mol. The van der Waals surface area contributed by atoms with E-state index in [1.165, 1.54) is 0 Å². The highest BCUT2D eigenvalue weighted by Crippen LogP contribution is 2.21. The van der Waals surface area contributed by atoms with E-state index in [1.807, 2.05) is 0 Å². The fourth-order valence-corrected chi connectivity index (χ4v) is 2.04. The topological polar surface area (TPSA) is 124 Å². The van der Waals surface area contributed by atoms with Crippen LogP contribution in [0.25, 0.3) is 0 Å². The largest absolute Gasteiger partial charge is 0.368 e. The number of anilines is 2. The standard InChI is InChI=1S/C8H13N5O3S/c1-5(4-17(2)16)11-7-6(13(14)15)3-10-8(9)12-7/h3,5H,4H2,1-2H3,(H3,9,10,11,12). The Labute approximate surface area is 100 Å². The summed E-state index contributed by atoms with van der Waals surface area (Å²) in [4.78, 5) is 17.4. The zero-order valence-corrected chi connectivity index (χ0v) is 10.2. The van der Waals surface area contributed by atoms with Crippen molar-refractivity contribution >= 4 is 28.3 Å². The van der Waals surface area contributed by atoms with Gasteiger partial charge in [-0.3, -0.25) is 14.3 Å². The number of nitrogen functional groups attached to an aromatic ring is 1. The van der Waals surface area contributed by atoms with E-state index in [0.29, 0.717) is 5.75 Å². The molecule has 0 saturated heterocycles. The lowest BCUT2D eigenvalue weighted by Crippen LogP contribution is -2.23. The molecule has 0 radical (unpaired) electrons. The Hall–Kier alpha value is -1.77. The summed E-state index contributed by atoms with van der Waals surface area (Å²) < 4.78 is 11.0. The highest BCUT2D eigenvalue weighted by atomic mass is 32.2. The molecule has 8 nitrogen and oxygen atoms in total. The van der Waals surface area contributed by atoms with E-state index < -0.39 is 15.7 Å². The molecule has 0 spiro atoms. The van der Waals surface area contributed by atoms with E-state index >= 15 is 0 Å². The molecule has 1 rings (SSSR count). The van der Waals surface area contributed by atoms with Crippen molar-refractivity contribution in [2.45, 2.75) is 13.0 Å². The highest BCUT2D eigenvalue weighted by Gasteiger charge is 2.18. The maximum atomic E-state index is 11.0. The smallest absolute Gasteiger partial charge is 0.329 e. The van der Waals surface area contributed by atoms with Crippen LogP contribution in [0.3, 0.4) is 0 Å². The minimum atomic E-state index is -0.999. The summed E-state index contributed by atoms with van der Waals surface area (Å²) in [5.74, 6) is 0.351. The lowest BCUT2D eigenvalue weighted by molar-refractivity contribution is -0.384. The SMILES string of the molecule is CC(CS(C)=O)Nc1nc(N)ncc1[N+](=O)[O-]. The van der Waals surface area contributed by atoms with Crippen LogP contribution < -0.4 is 11.1 Å². The first-order valence-electron chi connectivity index (χ1n) is 4.73. The van der Waals surface area contributed by atoms with Crippen molar-refractivity contribution in [2.24, 2.45) is 0 Å². The molecule has 9 heteroatoms. The van der Waals surface area contributed by atoms with Gasteiger partial charge in [0.2, 0.25) is 11.8 Å². The Morgan fingerprint density at radius 3 is 2.88 bits per heavy atom. The maximum Gasteiger partial charge on any atom is 0.329 e. The third-order valence-corrected chi connectivity index (χ3v) is 2.82. The van der Waals surface area contributed by atoms with Gasteiger partial charge in [-0.1, -0.05) is 0 Å². The number of nitro groups is 1. The van der Waals surface area contributed by atoms with Crippen LogP contribution in [0.4, 0.5) is 17.5 Å². The molecule has 0 aromatic carbocycles. The Morgan fingerprint density at radius 2 is 2.35 bits per heavy atom. The third-order valence-electron chi connectivity index (χ3n) is 1.85. The van der Waals surface area contributed by atoms with E-state index in [9.17, 15) is 14.3 Å². The van der Waals surface area contributed by atoms with Crippen molar-refractivity contribution in [3.05, 3.63) is 16.3 Å². The first-order chi connectivity index (χ1) is 7.90. The van der Waals surface area contributed by atoms with Crippen molar-refractivity contribution in [1.82, 2.24) is 9.97 Å². The summed E-state index contributed by atoms with van der Waals surface area (Å²) in [6.45, 7) is 1.75. The molecular formula is C8H13N5O3S. The van der Waals surface area contributed by atoms with Crippen LogP contribution in [0.15, 0.2) is 6.20 Å². The number of rotatable bonds is 5. The lowest BCUT2D eigenvalue weighted by Gasteiger charge is -2.12. The van der Waals surface area contributed by atoms with E-state index in [-0.39, 0.29) is 23.5 Å². The molecule has 17 heavy (non-hydrogen) atoms. The van der Waals surface area contributed by atoms with Gasteiger partial charge >= 0.3 is 5.69 Å². The minimum Gasteiger partial charge on any atom is -0.368 e. The summed E-state index contributed by atoms with van der Waals surface area (Å²) in [6, 6.07) is -0.214. The number of nitrogens with two attached hydrogens (primary N) is 1. The van der Waals surface area contributed by atoms with Crippen molar-refractivity contribution < 1.29 is 9.13 Å². The molecular weight excluding hydrogens is 246 g/mol. The van der Waals surface area contributed by atoms with Crippen LogP contribution in [-0.4, -0.2) is 37.2 Å². The van der Waals surface area contributed by atoms with Crippen molar-refractivity contribution in [3.8, 4) is 0 Å². The average Bonchev–Trinajstić information content (AvgIpc) is 2.15. The Morgan fingerprint density at radius 1 is 1.71 bits per heavy atom. The fraction of sp³-hybridized carbons (Fsp3) is 0.500. The van der Waals surface area contributed by atoms with E-state index in [0.717, 1.165) is 6.20 Å². The normalized spacial score (nSPS) is 14.0.